The van der Waals surface area contributed by atoms with Gasteiger partial charge in [0, 0.05) is 28.1 Å². The third kappa shape index (κ3) is 3.03. The quantitative estimate of drug-likeness (QED) is 0.761. The number of nitrogens with one attached hydrogen (secondary N) is 1. The van der Waals surface area contributed by atoms with Gasteiger partial charge < -0.3 is 5.32 Å². The second kappa shape index (κ2) is 5.84. The highest BCUT2D eigenvalue weighted by Crippen LogP contribution is 2.21. The van der Waals surface area contributed by atoms with Gasteiger partial charge in [-0.3, -0.25) is 0 Å². The Morgan fingerprint density at radius 3 is 2.05 bits per heavy atom. The summed E-state index contributed by atoms with van der Waals surface area (Å²) in [5.41, 5.74) is 3.07. The summed E-state index contributed by atoms with van der Waals surface area (Å²) in [6.07, 6.45) is 3.64. The lowest BCUT2D eigenvalue weighted by Crippen LogP contribution is -1.96. The van der Waals surface area contributed by atoms with Crippen molar-refractivity contribution in [2.45, 2.75) is 0 Å². The molecule has 3 nitrogen and oxygen atoms in total. The molecular formula is C16H12BrN3. The fourth-order valence-corrected chi connectivity index (χ4v) is 2.10. The van der Waals surface area contributed by atoms with E-state index in [1.807, 2.05) is 67.0 Å². The maximum Gasteiger partial charge on any atom is 0.227 e. The Bertz CT molecular complexity index is 679. The van der Waals surface area contributed by atoms with Crippen LogP contribution in [0.3, 0.4) is 0 Å². The highest BCUT2D eigenvalue weighted by Gasteiger charge is 2.01. The smallest absolute Gasteiger partial charge is 0.227 e. The first-order valence-electron chi connectivity index (χ1n) is 6.21. The summed E-state index contributed by atoms with van der Waals surface area (Å²) in [4.78, 5) is 8.68. The molecule has 0 amide bonds. The first kappa shape index (κ1) is 12.8. The van der Waals surface area contributed by atoms with Gasteiger partial charge in [-0.2, -0.15) is 0 Å². The monoisotopic (exact) mass is 325 g/mol. The third-order valence-electron chi connectivity index (χ3n) is 2.86. The first-order valence-corrected chi connectivity index (χ1v) is 7.00. The Morgan fingerprint density at radius 2 is 1.40 bits per heavy atom. The maximum atomic E-state index is 4.34. The third-order valence-corrected chi connectivity index (χ3v) is 3.39. The second-order valence-electron chi connectivity index (χ2n) is 4.29. The predicted octanol–water partition coefficient (Wildman–Crippen LogP) is 4.65. The van der Waals surface area contributed by atoms with E-state index in [9.17, 15) is 0 Å². The van der Waals surface area contributed by atoms with Crippen molar-refractivity contribution in [1.82, 2.24) is 9.97 Å². The van der Waals surface area contributed by atoms with Crippen LogP contribution < -0.4 is 5.32 Å². The lowest BCUT2D eigenvalue weighted by atomic mass is 10.1. The molecule has 3 rings (SSSR count). The van der Waals surface area contributed by atoms with E-state index >= 15 is 0 Å². The summed E-state index contributed by atoms with van der Waals surface area (Å²) in [5, 5.41) is 3.16. The minimum atomic E-state index is 0.595. The van der Waals surface area contributed by atoms with E-state index in [0.29, 0.717) is 5.95 Å². The predicted molar refractivity (Wildman–Crippen MR) is 84.9 cm³/mol. The van der Waals surface area contributed by atoms with Gasteiger partial charge in [0.1, 0.15) is 0 Å². The van der Waals surface area contributed by atoms with E-state index in [0.717, 1.165) is 21.3 Å². The summed E-state index contributed by atoms with van der Waals surface area (Å²) in [6, 6.07) is 18.0. The molecule has 0 saturated carbocycles. The molecule has 0 bridgehead atoms. The van der Waals surface area contributed by atoms with E-state index in [-0.39, 0.29) is 0 Å². The zero-order valence-electron chi connectivity index (χ0n) is 10.6. The molecule has 0 atom stereocenters. The molecule has 0 spiro atoms. The number of halogens is 1. The number of para-hydroxylation sites is 1. The van der Waals surface area contributed by atoms with Crippen molar-refractivity contribution < 1.29 is 0 Å². The average molecular weight is 326 g/mol. The van der Waals surface area contributed by atoms with Crippen LogP contribution in [-0.2, 0) is 0 Å². The van der Waals surface area contributed by atoms with Crippen LogP contribution in [0, 0.1) is 0 Å². The van der Waals surface area contributed by atoms with Gasteiger partial charge in [0.2, 0.25) is 5.95 Å². The van der Waals surface area contributed by atoms with Gasteiger partial charge in [-0.05, 0) is 29.8 Å². The largest absolute Gasteiger partial charge is 0.324 e. The SMILES string of the molecule is Brc1ccc(-c2cnc(Nc3ccccc3)nc2)cc1. The number of hydrogen-bond donors (Lipinski definition) is 1. The average Bonchev–Trinajstić information content (AvgIpc) is 2.50. The van der Waals surface area contributed by atoms with E-state index in [2.05, 4.69) is 31.2 Å². The minimum Gasteiger partial charge on any atom is -0.324 e. The van der Waals surface area contributed by atoms with Crippen molar-refractivity contribution in [2.75, 3.05) is 5.32 Å². The van der Waals surface area contributed by atoms with Crippen LogP contribution in [0.25, 0.3) is 11.1 Å². The van der Waals surface area contributed by atoms with Crippen molar-refractivity contribution >= 4 is 27.6 Å². The zero-order chi connectivity index (χ0) is 13.8. The van der Waals surface area contributed by atoms with Gasteiger partial charge in [0.25, 0.3) is 0 Å². The van der Waals surface area contributed by atoms with Crippen LogP contribution in [0.15, 0.2) is 71.5 Å². The van der Waals surface area contributed by atoms with Crippen molar-refractivity contribution in [3.05, 3.63) is 71.5 Å². The number of benzene rings is 2. The Balaban J connectivity index is 1.79. The van der Waals surface area contributed by atoms with E-state index in [4.69, 9.17) is 0 Å². The summed E-state index contributed by atoms with van der Waals surface area (Å²) in [6.45, 7) is 0. The molecule has 1 heterocycles. The fraction of sp³-hybridized carbons (Fsp3) is 0. The van der Waals surface area contributed by atoms with Gasteiger partial charge in [0.05, 0.1) is 0 Å². The fourth-order valence-electron chi connectivity index (χ4n) is 1.83. The van der Waals surface area contributed by atoms with E-state index < -0.39 is 0 Å². The molecule has 1 N–H and O–H groups in total. The molecular weight excluding hydrogens is 314 g/mol. The van der Waals surface area contributed by atoms with Gasteiger partial charge in [0.15, 0.2) is 0 Å². The molecule has 0 aliphatic carbocycles. The summed E-state index contributed by atoms with van der Waals surface area (Å²) in [7, 11) is 0. The number of aromatic nitrogens is 2. The number of hydrogen-bond acceptors (Lipinski definition) is 3. The Hall–Kier alpha value is -2.20. The van der Waals surface area contributed by atoms with Crippen molar-refractivity contribution in [3.8, 4) is 11.1 Å². The van der Waals surface area contributed by atoms with Gasteiger partial charge in [-0.15, -0.1) is 0 Å². The molecule has 0 unspecified atom stereocenters. The second-order valence-corrected chi connectivity index (χ2v) is 5.21. The Kier molecular flexibility index (Phi) is 3.74. The van der Waals surface area contributed by atoms with E-state index in [1.165, 1.54) is 0 Å². The molecule has 98 valence electrons. The van der Waals surface area contributed by atoms with Gasteiger partial charge in [-0.1, -0.05) is 46.3 Å². The summed E-state index contributed by atoms with van der Waals surface area (Å²) < 4.78 is 1.06. The first-order chi connectivity index (χ1) is 9.81. The highest BCUT2D eigenvalue weighted by molar-refractivity contribution is 9.10. The molecule has 0 aliphatic heterocycles. The molecule has 4 heteroatoms. The lowest BCUT2D eigenvalue weighted by molar-refractivity contribution is 1.17. The molecule has 2 aromatic carbocycles. The van der Waals surface area contributed by atoms with Crippen molar-refractivity contribution in [2.24, 2.45) is 0 Å². The van der Waals surface area contributed by atoms with Crippen LogP contribution in [0.5, 0.6) is 0 Å². The minimum absolute atomic E-state index is 0.595. The standard InChI is InChI=1S/C16H12BrN3/c17-14-8-6-12(7-9-14)13-10-18-16(19-11-13)20-15-4-2-1-3-5-15/h1-11H,(H,18,19,20). The van der Waals surface area contributed by atoms with Crippen molar-refractivity contribution in [1.29, 1.82) is 0 Å². The number of nitrogens with zero attached hydrogens (tertiary/aromatic N) is 2. The van der Waals surface area contributed by atoms with Crippen LogP contribution in [0.2, 0.25) is 0 Å². The molecule has 0 saturated heterocycles. The molecule has 0 fully saturated rings. The zero-order valence-corrected chi connectivity index (χ0v) is 12.2. The summed E-state index contributed by atoms with van der Waals surface area (Å²) >= 11 is 3.43. The number of anilines is 2. The maximum absolute atomic E-state index is 4.34. The normalized spacial score (nSPS) is 10.2. The highest BCUT2D eigenvalue weighted by atomic mass is 79.9. The van der Waals surface area contributed by atoms with Crippen LogP contribution >= 0.6 is 15.9 Å². The number of rotatable bonds is 3. The van der Waals surface area contributed by atoms with Crippen LogP contribution in [0.1, 0.15) is 0 Å². The molecule has 20 heavy (non-hydrogen) atoms. The molecule has 1 aromatic heterocycles. The van der Waals surface area contributed by atoms with Crippen LogP contribution in [-0.4, -0.2) is 9.97 Å². The van der Waals surface area contributed by atoms with E-state index in [1.54, 1.807) is 0 Å². The topological polar surface area (TPSA) is 37.8 Å². The molecule has 3 aromatic rings. The van der Waals surface area contributed by atoms with Crippen molar-refractivity contribution in [3.63, 3.8) is 0 Å². The van der Waals surface area contributed by atoms with Gasteiger partial charge >= 0.3 is 0 Å². The summed E-state index contributed by atoms with van der Waals surface area (Å²) in [5.74, 6) is 0.595. The Morgan fingerprint density at radius 1 is 0.750 bits per heavy atom. The lowest BCUT2D eigenvalue weighted by Gasteiger charge is -2.05. The Labute approximate surface area is 125 Å². The van der Waals surface area contributed by atoms with Crippen LogP contribution in [0.4, 0.5) is 11.6 Å². The molecule has 0 aliphatic rings. The molecule has 0 radical (unpaired) electrons. The van der Waals surface area contributed by atoms with Gasteiger partial charge in [-0.25, -0.2) is 9.97 Å².